The van der Waals surface area contributed by atoms with E-state index in [9.17, 15) is 0 Å². The van der Waals surface area contributed by atoms with Crippen LogP contribution in [0.5, 0.6) is 5.75 Å². The molecule has 0 unspecified atom stereocenters. The number of hydrogen-bond acceptors (Lipinski definition) is 1. The fourth-order valence-electron chi connectivity index (χ4n) is 1.92. The van der Waals surface area contributed by atoms with Gasteiger partial charge in [-0.25, -0.2) is 0 Å². The standard InChI is InChI=1S/C17H19ClO/c1-12(2)15-8-7-13(3)17(10-15)19-11-14-5-4-6-16(18)9-14/h4-10,12H,11H2,1-3H3. The first-order chi connectivity index (χ1) is 9.06. The quantitative estimate of drug-likeness (QED) is 0.730. The van der Waals surface area contributed by atoms with E-state index in [1.165, 1.54) is 5.56 Å². The first-order valence-electron chi connectivity index (χ1n) is 6.54. The van der Waals surface area contributed by atoms with Crippen LogP contribution in [0.2, 0.25) is 5.02 Å². The summed E-state index contributed by atoms with van der Waals surface area (Å²) >= 11 is 5.97. The monoisotopic (exact) mass is 274 g/mol. The van der Waals surface area contributed by atoms with Crippen LogP contribution in [0.4, 0.5) is 0 Å². The third-order valence-corrected chi connectivity index (χ3v) is 3.40. The highest BCUT2D eigenvalue weighted by Gasteiger charge is 2.05. The van der Waals surface area contributed by atoms with Crippen LogP contribution in [0.1, 0.15) is 36.5 Å². The zero-order valence-corrected chi connectivity index (χ0v) is 12.4. The van der Waals surface area contributed by atoms with Gasteiger partial charge in [-0.15, -0.1) is 0 Å². The molecule has 19 heavy (non-hydrogen) atoms. The Morgan fingerprint density at radius 1 is 1.11 bits per heavy atom. The fourth-order valence-corrected chi connectivity index (χ4v) is 2.13. The molecular weight excluding hydrogens is 256 g/mol. The number of benzene rings is 2. The Kier molecular flexibility index (Phi) is 4.49. The normalized spacial score (nSPS) is 10.8. The molecule has 0 atom stereocenters. The molecule has 0 amide bonds. The van der Waals surface area contributed by atoms with E-state index in [1.54, 1.807) is 0 Å². The lowest BCUT2D eigenvalue weighted by Crippen LogP contribution is -1.98. The first kappa shape index (κ1) is 14.0. The molecular formula is C17H19ClO. The van der Waals surface area contributed by atoms with Crippen molar-refractivity contribution >= 4 is 11.6 Å². The largest absolute Gasteiger partial charge is 0.489 e. The van der Waals surface area contributed by atoms with Crippen LogP contribution in [0.3, 0.4) is 0 Å². The van der Waals surface area contributed by atoms with Crippen molar-refractivity contribution in [2.24, 2.45) is 0 Å². The van der Waals surface area contributed by atoms with Crippen molar-refractivity contribution < 1.29 is 4.74 Å². The van der Waals surface area contributed by atoms with Gasteiger partial charge in [0.2, 0.25) is 0 Å². The second kappa shape index (κ2) is 6.12. The highest BCUT2D eigenvalue weighted by Crippen LogP contribution is 2.25. The summed E-state index contributed by atoms with van der Waals surface area (Å²) in [5, 5.41) is 0.744. The van der Waals surface area contributed by atoms with E-state index in [1.807, 2.05) is 24.3 Å². The van der Waals surface area contributed by atoms with Gasteiger partial charge >= 0.3 is 0 Å². The van der Waals surface area contributed by atoms with Gasteiger partial charge < -0.3 is 4.74 Å². The Bertz CT molecular complexity index is 561. The third kappa shape index (κ3) is 3.74. The number of rotatable bonds is 4. The molecule has 0 heterocycles. The molecule has 0 saturated carbocycles. The van der Waals surface area contributed by atoms with E-state index in [4.69, 9.17) is 16.3 Å². The second-order valence-electron chi connectivity index (χ2n) is 5.10. The van der Waals surface area contributed by atoms with Crippen molar-refractivity contribution in [3.63, 3.8) is 0 Å². The molecule has 0 aliphatic heterocycles. The van der Waals surface area contributed by atoms with Crippen molar-refractivity contribution in [2.75, 3.05) is 0 Å². The van der Waals surface area contributed by atoms with E-state index in [0.29, 0.717) is 12.5 Å². The summed E-state index contributed by atoms with van der Waals surface area (Å²) in [7, 11) is 0. The van der Waals surface area contributed by atoms with Crippen molar-refractivity contribution in [1.29, 1.82) is 0 Å². The average Bonchev–Trinajstić information content (AvgIpc) is 2.37. The summed E-state index contributed by atoms with van der Waals surface area (Å²) in [6.07, 6.45) is 0. The Hall–Kier alpha value is -1.47. The van der Waals surface area contributed by atoms with Gasteiger partial charge in [0, 0.05) is 5.02 Å². The van der Waals surface area contributed by atoms with Gasteiger partial charge in [-0.05, 0) is 47.7 Å². The molecule has 1 nitrogen and oxygen atoms in total. The van der Waals surface area contributed by atoms with Crippen LogP contribution in [0.25, 0.3) is 0 Å². The van der Waals surface area contributed by atoms with Gasteiger partial charge in [0.05, 0.1) is 0 Å². The van der Waals surface area contributed by atoms with E-state index >= 15 is 0 Å². The molecule has 0 bridgehead atoms. The van der Waals surface area contributed by atoms with Crippen LogP contribution in [-0.4, -0.2) is 0 Å². The van der Waals surface area contributed by atoms with Crippen molar-refractivity contribution in [3.05, 3.63) is 64.2 Å². The van der Waals surface area contributed by atoms with E-state index in [0.717, 1.165) is 21.9 Å². The summed E-state index contributed by atoms with van der Waals surface area (Å²) in [6, 6.07) is 14.2. The zero-order chi connectivity index (χ0) is 13.8. The SMILES string of the molecule is Cc1ccc(C(C)C)cc1OCc1cccc(Cl)c1. The Morgan fingerprint density at radius 3 is 2.58 bits per heavy atom. The Morgan fingerprint density at radius 2 is 1.89 bits per heavy atom. The average molecular weight is 275 g/mol. The predicted octanol–water partition coefficient (Wildman–Crippen LogP) is 5.35. The summed E-state index contributed by atoms with van der Waals surface area (Å²) in [4.78, 5) is 0. The molecule has 0 spiro atoms. The number of hydrogen-bond donors (Lipinski definition) is 0. The topological polar surface area (TPSA) is 9.23 Å². The minimum absolute atomic E-state index is 0.508. The van der Waals surface area contributed by atoms with Crippen LogP contribution in [0, 0.1) is 6.92 Å². The van der Waals surface area contributed by atoms with Gasteiger partial charge in [0.1, 0.15) is 12.4 Å². The van der Waals surface area contributed by atoms with Crippen LogP contribution in [0.15, 0.2) is 42.5 Å². The fraction of sp³-hybridized carbons (Fsp3) is 0.294. The van der Waals surface area contributed by atoms with Crippen LogP contribution < -0.4 is 4.74 Å². The molecule has 0 N–H and O–H groups in total. The molecule has 2 heteroatoms. The summed E-state index contributed by atoms with van der Waals surface area (Å²) in [6.45, 7) is 6.98. The second-order valence-corrected chi connectivity index (χ2v) is 5.53. The van der Waals surface area contributed by atoms with Gasteiger partial charge in [0.25, 0.3) is 0 Å². The maximum absolute atomic E-state index is 5.97. The molecule has 2 aromatic rings. The Labute approximate surface area is 120 Å². The van der Waals surface area contributed by atoms with Gasteiger partial charge in [-0.2, -0.15) is 0 Å². The number of halogens is 1. The molecule has 0 radical (unpaired) electrons. The molecule has 0 aromatic heterocycles. The molecule has 2 aromatic carbocycles. The maximum Gasteiger partial charge on any atom is 0.122 e. The van der Waals surface area contributed by atoms with Gasteiger partial charge in [-0.1, -0.05) is 49.7 Å². The summed E-state index contributed by atoms with van der Waals surface area (Å²) in [5.41, 5.74) is 3.54. The minimum Gasteiger partial charge on any atom is -0.489 e. The zero-order valence-electron chi connectivity index (χ0n) is 11.6. The molecule has 0 saturated heterocycles. The van der Waals surface area contributed by atoms with Crippen LogP contribution >= 0.6 is 11.6 Å². The minimum atomic E-state index is 0.508. The maximum atomic E-state index is 5.97. The first-order valence-corrected chi connectivity index (χ1v) is 6.92. The van der Waals surface area contributed by atoms with E-state index < -0.39 is 0 Å². The predicted molar refractivity (Wildman–Crippen MR) is 81.1 cm³/mol. The molecule has 0 fully saturated rings. The van der Waals surface area contributed by atoms with Crippen LogP contribution in [-0.2, 0) is 6.61 Å². The molecule has 0 aliphatic carbocycles. The number of aryl methyl sites for hydroxylation is 1. The third-order valence-electron chi connectivity index (χ3n) is 3.16. The lowest BCUT2D eigenvalue weighted by molar-refractivity contribution is 0.303. The highest BCUT2D eigenvalue weighted by atomic mass is 35.5. The van der Waals surface area contributed by atoms with Crippen molar-refractivity contribution in [2.45, 2.75) is 33.3 Å². The smallest absolute Gasteiger partial charge is 0.122 e. The van der Waals surface area contributed by atoms with E-state index in [-0.39, 0.29) is 0 Å². The number of ether oxygens (including phenoxy) is 1. The molecule has 100 valence electrons. The Balaban J connectivity index is 2.12. The lowest BCUT2D eigenvalue weighted by atomic mass is 10.0. The van der Waals surface area contributed by atoms with E-state index in [2.05, 4.69) is 39.0 Å². The van der Waals surface area contributed by atoms with Crippen molar-refractivity contribution in [1.82, 2.24) is 0 Å². The van der Waals surface area contributed by atoms with Crippen molar-refractivity contribution in [3.8, 4) is 5.75 Å². The molecule has 0 aliphatic rings. The summed E-state index contributed by atoms with van der Waals surface area (Å²) in [5.74, 6) is 1.46. The summed E-state index contributed by atoms with van der Waals surface area (Å²) < 4.78 is 5.91. The molecule has 2 rings (SSSR count). The van der Waals surface area contributed by atoms with Gasteiger partial charge in [-0.3, -0.25) is 0 Å². The highest BCUT2D eigenvalue weighted by molar-refractivity contribution is 6.30. The lowest BCUT2D eigenvalue weighted by Gasteiger charge is -2.13. The van der Waals surface area contributed by atoms with Gasteiger partial charge in [0.15, 0.2) is 0 Å².